The highest BCUT2D eigenvalue weighted by atomic mass is 35.5. The van der Waals surface area contributed by atoms with E-state index in [0.717, 1.165) is 47.7 Å². The van der Waals surface area contributed by atoms with E-state index in [9.17, 15) is 4.79 Å². The van der Waals surface area contributed by atoms with E-state index in [2.05, 4.69) is 23.6 Å². The first-order valence-electron chi connectivity index (χ1n) is 9.24. The molecule has 1 aromatic carbocycles. The molecule has 7 heteroatoms. The molecule has 2 aromatic heterocycles. The number of nitrogens with one attached hydrogen (secondary N) is 2. The molecule has 150 valence electrons. The van der Waals surface area contributed by atoms with Gasteiger partial charge in [-0.1, -0.05) is 18.2 Å². The van der Waals surface area contributed by atoms with E-state index in [1.165, 1.54) is 6.42 Å². The Balaban J connectivity index is 0.00000140. The van der Waals surface area contributed by atoms with Crippen LogP contribution in [0.4, 0.5) is 5.69 Å². The van der Waals surface area contributed by atoms with Crippen molar-refractivity contribution >= 4 is 42.1 Å². The summed E-state index contributed by atoms with van der Waals surface area (Å²) in [6.07, 6.45) is 6.76. The zero-order valence-corrected chi connectivity index (χ0v) is 17.5. The van der Waals surface area contributed by atoms with E-state index in [1.807, 2.05) is 47.1 Å². The molecular formula is C21H26Cl2N4O. The van der Waals surface area contributed by atoms with Crippen molar-refractivity contribution in [3.8, 4) is 11.3 Å². The topological polar surface area (TPSA) is 58.4 Å². The lowest BCUT2D eigenvalue weighted by Crippen LogP contribution is -2.14. The van der Waals surface area contributed by atoms with Crippen molar-refractivity contribution < 1.29 is 4.79 Å². The fourth-order valence-electron chi connectivity index (χ4n) is 3.54. The summed E-state index contributed by atoms with van der Waals surface area (Å²) >= 11 is 0. The molecule has 1 fully saturated rings. The number of aryl methyl sites for hydroxylation is 1. The number of anilines is 1. The summed E-state index contributed by atoms with van der Waals surface area (Å²) in [6.45, 7) is 4.18. The second-order valence-corrected chi connectivity index (χ2v) is 7.07. The van der Waals surface area contributed by atoms with Gasteiger partial charge in [-0.2, -0.15) is 0 Å². The van der Waals surface area contributed by atoms with E-state index < -0.39 is 0 Å². The number of carbonyl (C=O) groups excluding carboxylic acids is 1. The number of imidazole rings is 1. The number of halogens is 2. The van der Waals surface area contributed by atoms with E-state index in [4.69, 9.17) is 4.98 Å². The van der Waals surface area contributed by atoms with E-state index in [1.54, 1.807) is 0 Å². The molecule has 4 rings (SSSR count). The third-order valence-electron chi connectivity index (χ3n) is 5.08. The van der Waals surface area contributed by atoms with Crippen molar-refractivity contribution in [2.45, 2.75) is 26.2 Å². The number of benzene rings is 1. The molecule has 0 radical (unpaired) electrons. The lowest BCUT2D eigenvalue weighted by molar-refractivity contribution is -0.116. The van der Waals surface area contributed by atoms with Crippen molar-refractivity contribution in [2.24, 2.45) is 5.92 Å². The standard InChI is InChI=1S/C21H24N4O.2ClH/c1-15-3-2-12-25-14-19(24-21(15)25)17-5-7-18(8-6-17)23-20(26)9-4-16-10-11-22-13-16;;/h2-3,5-8,12,14,16,22H,4,9-11,13H2,1H3,(H,23,26);2*1H. The van der Waals surface area contributed by atoms with Crippen LogP contribution in [-0.2, 0) is 4.79 Å². The lowest BCUT2D eigenvalue weighted by atomic mass is 10.0. The quantitative estimate of drug-likeness (QED) is 0.639. The van der Waals surface area contributed by atoms with Crippen molar-refractivity contribution in [1.82, 2.24) is 14.7 Å². The molecule has 0 aliphatic carbocycles. The number of hydrogen-bond acceptors (Lipinski definition) is 3. The summed E-state index contributed by atoms with van der Waals surface area (Å²) in [6, 6.07) is 12.0. The highest BCUT2D eigenvalue weighted by Gasteiger charge is 2.15. The molecule has 3 aromatic rings. The number of carbonyl (C=O) groups is 1. The highest BCUT2D eigenvalue weighted by Crippen LogP contribution is 2.23. The number of rotatable bonds is 5. The first-order chi connectivity index (χ1) is 12.7. The van der Waals surface area contributed by atoms with Crippen LogP contribution < -0.4 is 10.6 Å². The Bertz CT molecular complexity index is 918. The SMILES string of the molecule is Cc1cccn2cc(-c3ccc(NC(=O)CCC4CCNC4)cc3)nc12.Cl.Cl. The largest absolute Gasteiger partial charge is 0.326 e. The van der Waals surface area contributed by atoms with E-state index >= 15 is 0 Å². The third-order valence-corrected chi connectivity index (χ3v) is 5.08. The van der Waals surface area contributed by atoms with Gasteiger partial charge in [0.25, 0.3) is 0 Å². The normalized spacial score (nSPS) is 15.7. The van der Waals surface area contributed by atoms with Gasteiger partial charge in [0.05, 0.1) is 5.69 Å². The average Bonchev–Trinajstić information content (AvgIpc) is 3.31. The Labute approximate surface area is 177 Å². The molecule has 3 heterocycles. The molecule has 1 atom stereocenters. The second-order valence-electron chi connectivity index (χ2n) is 7.07. The van der Waals surface area contributed by atoms with Crippen molar-refractivity contribution in [3.63, 3.8) is 0 Å². The van der Waals surface area contributed by atoms with Gasteiger partial charge in [-0.3, -0.25) is 4.79 Å². The molecule has 28 heavy (non-hydrogen) atoms. The molecule has 1 saturated heterocycles. The summed E-state index contributed by atoms with van der Waals surface area (Å²) in [7, 11) is 0. The smallest absolute Gasteiger partial charge is 0.224 e. The number of pyridine rings is 1. The van der Waals surface area contributed by atoms with Gasteiger partial charge >= 0.3 is 0 Å². The van der Waals surface area contributed by atoms with Crippen LogP contribution >= 0.6 is 24.8 Å². The number of aromatic nitrogens is 2. The lowest BCUT2D eigenvalue weighted by Gasteiger charge is -2.09. The first kappa shape index (κ1) is 22.2. The average molecular weight is 421 g/mol. The van der Waals surface area contributed by atoms with Crippen molar-refractivity contribution in [3.05, 3.63) is 54.4 Å². The van der Waals surface area contributed by atoms with Gasteiger partial charge in [0.1, 0.15) is 5.65 Å². The minimum absolute atomic E-state index is 0. The van der Waals surface area contributed by atoms with Crippen LogP contribution in [0.25, 0.3) is 16.9 Å². The Morgan fingerprint density at radius 1 is 1.25 bits per heavy atom. The molecular weight excluding hydrogens is 395 g/mol. The predicted molar refractivity (Wildman–Crippen MR) is 119 cm³/mol. The van der Waals surface area contributed by atoms with Crippen LogP contribution in [0.3, 0.4) is 0 Å². The highest BCUT2D eigenvalue weighted by molar-refractivity contribution is 5.91. The Hall–Kier alpha value is -2.08. The number of fused-ring (bicyclic) bond motifs is 1. The minimum Gasteiger partial charge on any atom is -0.326 e. The maximum atomic E-state index is 12.1. The number of nitrogens with zero attached hydrogens (tertiary/aromatic N) is 2. The van der Waals surface area contributed by atoms with Crippen LogP contribution in [0.15, 0.2) is 48.8 Å². The molecule has 5 nitrogen and oxygen atoms in total. The molecule has 1 aliphatic rings. The van der Waals surface area contributed by atoms with Crippen molar-refractivity contribution in [2.75, 3.05) is 18.4 Å². The van der Waals surface area contributed by atoms with Gasteiger partial charge in [-0.05, 0) is 62.5 Å². The van der Waals surface area contributed by atoms with Gasteiger partial charge in [0, 0.05) is 30.1 Å². The fraction of sp³-hybridized carbons (Fsp3) is 0.333. The molecule has 0 bridgehead atoms. The Morgan fingerprint density at radius 3 is 2.71 bits per heavy atom. The molecule has 0 spiro atoms. The van der Waals surface area contributed by atoms with E-state index in [-0.39, 0.29) is 30.7 Å². The van der Waals surface area contributed by atoms with E-state index in [0.29, 0.717) is 12.3 Å². The van der Waals surface area contributed by atoms with Crippen LogP contribution in [0, 0.1) is 12.8 Å². The van der Waals surface area contributed by atoms with Crippen LogP contribution in [0.1, 0.15) is 24.8 Å². The van der Waals surface area contributed by atoms with Gasteiger partial charge < -0.3 is 15.0 Å². The maximum absolute atomic E-state index is 12.1. The second kappa shape index (κ2) is 9.92. The van der Waals surface area contributed by atoms with Crippen molar-refractivity contribution in [1.29, 1.82) is 0 Å². The van der Waals surface area contributed by atoms with Crippen LogP contribution in [0.5, 0.6) is 0 Å². The summed E-state index contributed by atoms with van der Waals surface area (Å²) in [4.78, 5) is 16.8. The third kappa shape index (κ3) is 5.04. The molecule has 1 unspecified atom stereocenters. The number of hydrogen-bond donors (Lipinski definition) is 2. The monoisotopic (exact) mass is 420 g/mol. The zero-order chi connectivity index (χ0) is 17.9. The maximum Gasteiger partial charge on any atom is 0.224 e. The molecule has 0 saturated carbocycles. The fourth-order valence-corrected chi connectivity index (χ4v) is 3.54. The van der Waals surface area contributed by atoms with Gasteiger partial charge in [-0.15, -0.1) is 24.8 Å². The zero-order valence-electron chi connectivity index (χ0n) is 15.9. The van der Waals surface area contributed by atoms with Crippen LogP contribution in [0.2, 0.25) is 0 Å². The predicted octanol–water partition coefficient (Wildman–Crippen LogP) is 4.48. The Kier molecular flexibility index (Phi) is 7.87. The molecule has 2 N–H and O–H groups in total. The number of amides is 1. The summed E-state index contributed by atoms with van der Waals surface area (Å²) in [5, 5.41) is 6.34. The summed E-state index contributed by atoms with van der Waals surface area (Å²) in [5.74, 6) is 0.731. The van der Waals surface area contributed by atoms with Gasteiger partial charge in [0.2, 0.25) is 5.91 Å². The Morgan fingerprint density at radius 2 is 2.04 bits per heavy atom. The summed E-state index contributed by atoms with van der Waals surface area (Å²) < 4.78 is 2.04. The minimum atomic E-state index is 0. The van der Waals surface area contributed by atoms with Gasteiger partial charge in [0.15, 0.2) is 0 Å². The van der Waals surface area contributed by atoms with Crippen LogP contribution in [-0.4, -0.2) is 28.4 Å². The van der Waals surface area contributed by atoms with Gasteiger partial charge in [-0.25, -0.2) is 4.98 Å². The summed E-state index contributed by atoms with van der Waals surface area (Å²) in [5.41, 5.74) is 4.94. The molecule has 1 aliphatic heterocycles. The molecule has 1 amide bonds. The first-order valence-corrected chi connectivity index (χ1v) is 9.24.